The molecule has 1 amide bonds. The van der Waals surface area contributed by atoms with E-state index in [0.29, 0.717) is 23.8 Å². The topological polar surface area (TPSA) is 79.5 Å². The van der Waals surface area contributed by atoms with Gasteiger partial charge in [-0.05, 0) is 49.8 Å². The molecule has 0 bridgehead atoms. The lowest BCUT2D eigenvalue weighted by molar-refractivity contribution is -0.133. The summed E-state index contributed by atoms with van der Waals surface area (Å²) in [5.41, 5.74) is 4.29. The number of amides is 1. The summed E-state index contributed by atoms with van der Waals surface area (Å²) < 4.78 is 1.79. The van der Waals surface area contributed by atoms with Crippen LogP contribution < -0.4 is 0 Å². The molecule has 8 nitrogen and oxygen atoms in total. The lowest BCUT2D eigenvalue weighted by Crippen LogP contribution is -2.48. The number of aromatic nitrogens is 5. The molecule has 4 rings (SSSR count). The van der Waals surface area contributed by atoms with Crippen LogP contribution in [0.15, 0.2) is 29.7 Å². The first-order valence-corrected chi connectivity index (χ1v) is 11.4. The van der Waals surface area contributed by atoms with E-state index in [-0.39, 0.29) is 5.91 Å². The normalized spacial score (nSPS) is 15.1. The summed E-state index contributed by atoms with van der Waals surface area (Å²) in [4.78, 5) is 30.3. The Bertz CT molecular complexity index is 1030. The van der Waals surface area contributed by atoms with Crippen molar-refractivity contribution in [2.24, 2.45) is 0 Å². The van der Waals surface area contributed by atoms with Crippen molar-refractivity contribution in [2.75, 3.05) is 32.4 Å². The van der Waals surface area contributed by atoms with Crippen molar-refractivity contribution in [3.63, 3.8) is 0 Å². The van der Waals surface area contributed by atoms with E-state index in [9.17, 15) is 4.79 Å². The Hall–Kier alpha value is -2.52. The number of thioether (sulfide) groups is 1. The van der Waals surface area contributed by atoms with Gasteiger partial charge in [-0.2, -0.15) is 4.98 Å². The van der Waals surface area contributed by atoms with Crippen molar-refractivity contribution >= 4 is 23.4 Å². The van der Waals surface area contributed by atoms with Crippen molar-refractivity contribution in [2.45, 2.75) is 38.4 Å². The summed E-state index contributed by atoms with van der Waals surface area (Å²) >= 11 is 1.50. The Kier molecular flexibility index (Phi) is 6.29. The summed E-state index contributed by atoms with van der Waals surface area (Å²) in [6.45, 7) is 8.27. The molecule has 0 aromatic carbocycles. The molecule has 9 heteroatoms. The number of nitrogens with zero attached hydrogens (tertiary/aromatic N) is 7. The number of hydrogen-bond donors (Lipinski definition) is 0. The van der Waals surface area contributed by atoms with Gasteiger partial charge >= 0.3 is 0 Å². The number of fused-ring (bicyclic) bond motifs is 1. The molecule has 158 valence electrons. The number of hydrogen-bond acceptors (Lipinski definition) is 7. The van der Waals surface area contributed by atoms with E-state index in [2.05, 4.69) is 25.0 Å². The van der Waals surface area contributed by atoms with Gasteiger partial charge in [-0.25, -0.2) is 9.50 Å². The minimum absolute atomic E-state index is 0.209. The fourth-order valence-electron chi connectivity index (χ4n) is 3.93. The molecule has 1 aliphatic heterocycles. The molecule has 1 saturated heterocycles. The van der Waals surface area contributed by atoms with Gasteiger partial charge in [0.05, 0.1) is 0 Å². The molecule has 0 N–H and O–H groups in total. The van der Waals surface area contributed by atoms with Gasteiger partial charge in [0, 0.05) is 62.9 Å². The maximum atomic E-state index is 12.8. The molecule has 1 fully saturated rings. The van der Waals surface area contributed by atoms with Crippen LogP contribution in [-0.4, -0.2) is 72.7 Å². The molecule has 0 spiro atoms. The van der Waals surface area contributed by atoms with Gasteiger partial charge < -0.3 is 4.90 Å². The molecule has 0 aliphatic carbocycles. The van der Waals surface area contributed by atoms with E-state index in [1.807, 2.05) is 49.5 Å². The Labute approximate surface area is 180 Å². The minimum atomic E-state index is 0.209. The van der Waals surface area contributed by atoms with Crippen LogP contribution in [0.25, 0.3) is 5.78 Å². The summed E-state index contributed by atoms with van der Waals surface area (Å²) in [6, 6.07) is 4.09. The van der Waals surface area contributed by atoms with E-state index in [0.717, 1.165) is 49.7 Å². The Morgan fingerprint density at radius 1 is 1.10 bits per heavy atom. The zero-order chi connectivity index (χ0) is 21.1. The highest BCUT2D eigenvalue weighted by Gasteiger charge is 2.22. The average Bonchev–Trinajstić information content (AvgIpc) is 3.18. The highest BCUT2D eigenvalue weighted by atomic mass is 32.2. The SMILES string of the molecule is CSc1nc2nc(C)c(CCC(=O)N3CCN(Cc4ccncc4)CC3)c(C)n2n1. The molecule has 3 aromatic heterocycles. The summed E-state index contributed by atoms with van der Waals surface area (Å²) in [7, 11) is 0. The number of aryl methyl sites for hydroxylation is 2. The largest absolute Gasteiger partial charge is 0.340 e. The summed E-state index contributed by atoms with van der Waals surface area (Å²) in [6.07, 6.45) is 6.76. The van der Waals surface area contributed by atoms with E-state index < -0.39 is 0 Å². The van der Waals surface area contributed by atoms with E-state index in [4.69, 9.17) is 0 Å². The summed E-state index contributed by atoms with van der Waals surface area (Å²) in [5.74, 6) is 0.829. The first kappa shape index (κ1) is 20.7. The third-order valence-corrected chi connectivity index (χ3v) is 6.22. The lowest BCUT2D eigenvalue weighted by atomic mass is 10.1. The molecule has 0 atom stereocenters. The van der Waals surface area contributed by atoms with Gasteiger partial charge in [0.15, 0.2) is 0 Å². The molecular weight excluding hydrogens is 398 g/mol. The number of rotatable bonds is 6. The predicted octanol–water partition coefficient (Wildman–Crippen LogP) is 2.14. The second-order valence-electron chi connectivity index (χ2n) is 7.58. The minimum Gasteiger partial charge on any atom is -0.340 e. The van der Waals surface area contributed by atoms with Crippen LogP contribution in [-0.2, 0) is 17.8 Å². The molecular formula is C21H27N7OS. The average molecular weight is 426 g/mol. The number of carbonyl (C=O) groups excluding carboxylic acids is 1. The Morgan fingerprint density at radius 2 is 1.83 bits per heavy atom. The van der Waals surface area contributed by atoms with Crippen LogP contribution in [0.1, 0.15) is 28.9 Å². The monoisotopic (exact) mass is 425 g/mol. The first-order chi connectivity index (χ1) is 14.5. The first-order valence-electron chi connectivity index (χ1n) is 10.2. The Morgan fingerprint density at radius 3 is 2.53 bits per heavy atom. The Balaban J connectivity index is 1.34. The van der Waals surface area contributed by atoms with Crippen LogP contribution in [0.5, 0.6) is 0 Å². The van der Waals surface area contributed by atoms with Gasteiger partial charge in [0.2, 0.25) is 11.1 Å². The van der Waals surface area contributed by atoms with Gasteiger partial charge in [-0.3, -0.25) is 14.7 Å². The van der Waals surface area contributed by atoms with Gasteiger partial charge in [0.1, 0.15) is 0 Å². The van der Waals surface area contributed by atoms with Crippen molar-refractivity contribution in [3.8, 4) is 0 Å². The van der Waals surface area contributed by atoms with Crippen molar-refractivity contribution in [1.82, 2.24) is 34.4 Å². The second kappa shape index (κ2) is 9.09. The fourth-order valence-corrected chi connectivity index (χ4v) is 4.27. The standard InChI is InChI=1S/C21H27N7OS/c1-15-18(16(2)28-20(23-15)24-21(25-28)30-3)4-5-19(29)27-12-10-26(11-13-27)14-17-6-8-22-9-7-17/h6-9H,4-5,10-14H2,1-3H3. The van der Waals surface area contributed by atoms with E-state index in [1.165, 1.54) is 17.3 Å². The van der Waals surface area contributed by atoms with Crippen molar-refractivity contribution in [3.05, 3.63) is 47.0 Å². The highest BCUT2D eigenvalue weighted by molar-refractivity contribution is 7.98. The van der Waals surface area contributed by atoms with Crippen molar-refractivity contribution < 1.29 is 4.79 Å². The molecule has 0 unspecified atom stereocenters. The van der Waals surface area contributed by atoms with Gasteiger partial charge in [-0.15, -0.1) is 5.10 Å². The predicted molar refractivity (Wildman–Crippen MR) is 116 cm³/mol. The maximum absolute atomic E-state index is 12.8. The molecule has 0 saturated carbocycles. The van der Waals surface area contributed by atoms with Crippen LogP contribution >= 0.6 is 11.8 Å². The van der Waals surface area contributed by atoms with Crippen LogP contribution in [0, 0.1) is 13.8 Å². The number of piperazine rings is 1. The van der Waals surface area contributed by atoms with Crippen molar-refractivity contribution in [1.29, 1.82) is 0 Å². The molecule has 4 heterocycles. The smallest absolute Gasteiger partial charge is 0.253 e. The third kappa shape index (κ3) is 4.46. The van der Waals surface area contributed by atoms with E-state index >= 15 is 0 Å². The number of carbonyl (C=O) groups is 1. The van der Waals surface area contributed by atoms with Crippen LogP contribution in [0.2, 0.25) is 0 Å². The summed E-state index contributed by atoms with van der Waals surface area (Å²) in [5, 5.41) is 5.20. The van der Waals surface area contributed by atoms with E-state index in [1.54, 1.807) is 4.52 Å². The molecule has 0 radical (unpaired) electrons. The third-order valence-electron chi connectivity index (χ3n) is 5.68. The zero-order valence-electron chi connectivity index (χ0n) is 17.7. The zero-order valence-corrected chi connectivity index (χ0v) is 18.5. The van der Waals surface area contributed by atoms with Gasteiger partial charge in [-0.1, -0.05) is 11.8 Å². The van der Waals surface area contributed by atoms with Crippen LogP contribution in [0.3, 0.4) is 0 Å². The highest BCUT2D eigenvalue weighted by Crippen LogP contribution is 2.19. The molecule has 30 heavy (non-hydrogen) atoms. The quantitative estimate of drug-likeness (QED) is 0.560. The maximum Gasteiger partial charge on any atom is 0.253 e. The lowest BCUT2D eigenvalue weighted by Gasteiger charge is -2.34. The van der Waals surface area contributed by atoms with Gasteiger partial charge in [0.25, 0.3) is 5.78 Å². The number of pyridine rings is 1. The van der Waals surface area contributed by atoms with Crippen LogP contribution in [0.4, 0.5) is 0 Å². The molecule has 1 aliphatic rings. The second-order valence-corrected chi connectivity index (χ2v) is 8.36. The fraction of sp³-hybridized carbons (Fsp3) is 0.476. The molecule has 3 aromatic rings.